The number of piperidine rings is 1. The highest BCUT2D eigenvalue weighted by Crippen LogP contribution is 2.23. The first-order valence-electron chi connectivity index (χ1n) is 12.1. The van der Waals surface area contributed by atoms with Crippen molar-refractivity contribution in [2.45, 2.75) is 50.6 Å². The molecule has 2 N–H and O–H groups in total. The van der Waals surface area contributed by atoms with Crippen LogP contribution in [0, 0.1) is 5.92 Å². The van der Waals surface area contributed by atoms with Crippen molar-refractivity contribution in [2.24, 2.45) is 5.92 Å². The van der Waals surface area contributed by atoms with Crippen LogP contribution in [0.25, 0.3) is 0 Å². The molecule has 1 saturated heterocycles. The van der Waals surface area contributed by atoms with Gasteiger partial charge < -0.3 is 20.3 Å². The minimum atomic E-state index is -0.235. The van der Waals surface area contributed by atoms with E-state index in [0.717, 1.165) is 38.5 Å². The van der Waals surface area contributed by atoms with Gasteiger partial charge in [-0.15, -0.1) is 0 Å². The van der Waals surface area contributed by atoms with Crippen LogP contribution in [0.4, 0.5) is 0 Å². The largest absolute Gasteiger partial charge is 0.497 e. The molecule has 1 saturated carbocycles. The molecule has 1 heterocycles. The topological polar surface area (TPSA) is 87.7 Å². The quantitative estimate of drug-likeness (QED) is 0.687. The van der Waals surface area contributed by atoms with Crippen LogP contribution in [0.3, 0.4) is 0 Å². The monoisotopic (exact) mass is 463 g/mol. The first-order valence-corrected chi connectivity index (χ1v) is 12.1. The summed E-state index contributed by atoms with van der Waals surface area (Å²) in [6, 6.07) is 16.0. The van der Waals surface area contributed by atoms with Crippen molar-refractivity contribution in [3.8, 4) is 5.75 Å². The number of methoxy groups -OCH3 is 1. The maximum Gasteiger partial charge on any atom is 0.253 e. The molecule has 180 valence electrons. The summed E-state index contributed by atoms with van der Waals surface area (Å²) >= 11 is 0. The molecule has 2 aromatic carbocycles. The van der Waals surface area contributed by atoms with Crippen LogP contribution in [-0.4, -0.2) is 54.9 Å². The molecule has 2 aliphatic rings. The van der Waals surface area contributed by atoms with E-state index in [1.165, 1.54) is 0 Å². The van der Waals surface area contributed by atoms with Gasteiger partial charge in [0.15, 0.2) is 0 Å². The Morgan fingerprint density at radius 2 is 1.50 bits per heavy atom. The standard InChI is InChI=1S/C27H33N3O4/c1-34-22-15-13-19(14-16-22)25(31)28-23-11-5-6-12-24(23)29-26(32)21-10-7-17-30(18-21)27(33)20-8-3-2-4-9-20/h2-4,8-9,13-16,21,23-24H,5-7,10-12,17-18H2,1H3,(H,28,31)(H,29,32)/t21?,23-,24-/m1/s1. The fourth-order valence-corrected chi connectivity index (χ4v) is 4.91. The molecule has 3 atom stereocenters. The summed E-state index contributed by atoms with van der Waals surface area (Å²) in [6.45, 7) is 1.09. The lowest BCUT2D eigenvalue weighted by atomic mass is 9.88. The first-order chi connectivity index (χ1) is 16.5. The number of rotatable bonds is 6. The Labute approximate surface area is 200 Å². The van der Waals surface area contributed by atoms with Crippen LogP contribution in [0.15, 0.2) is 54.6 Å². The third kappa shape index (κ3) is 5.76. The molecule has 0 aromatic heterocycles. The number of nitrogens with zero attached hydrogens (tertiary/aromatic N) is 1. The van der Waals surface area contributed by atoms with Crippen molar-refractivity contribution >= 4 is 17.7 Å². The molecule has 4 rings (SSSR count). The molecular formula is C27H33N3O4. The van der Waals surface area contributed by atoms with Crippen molar-refractivity contribution in [2.75, 3.05) is 20.2 Å². The van der Waals surface area contributed by atoms with Gasteiger partial charge in [0.25, 0.3) is 11.8 Å². The molecule has 3 amide bonds. The molecule has 7 heteroatoms. The highest BCUT2D eigenvalue weighted by atomic mass is 16.5. The Morgan fingerprint density at radius 1 is 0.824 bits per heavy atom. The van der Waals surface area contributed by atoms with E-state index in [4.69, 9.17) is 4.74 Å². The fraction of sp³-hybridized carbons (Fsp3) is 0.444. The second kappa shape index (κ2) is 11.2. The second-order valence-corrected chi connectivity index (χ2v) is 9.16. The highest BCUT2D eigenvalue weighted by Gasteiger charge is 2.33. The van der Waals surface area contributed by atoms with Crippen molar-refractivity contribution in [3.63, 3.8) is 0 Å². The summed E-state index contributed by atoms with van der Waals surface area (Å²) in [4.78, 5) is 40.6. The summed E-state index contributed by atoms with van der Waals surface area (Å²) in [5.41, 5.74) is 1.22. The van der Waals surface area contributed by atoms with Gasteiger partial charge in [-0.1, -0.05) is 31.0 Å². The smallest absolute Gasteiger partial charge is 0.253 e. The van der Waals surface area contributed by atoms with Gasteiger partial charge in [-0.25, -0.2) is 0 Å². The third-order valence-electron chi connectivity index (χ3n) is 6.86. The van der Waals surface area contributed by atoms with Crippen LogP contribution in [0.5, 0.6) is 5.75 Å². The molecule has 0 radical (unpaired) electrons. The maximum atomic E-state index is 13.2. The summed E-state index contributed by atoms with van der Waals surface area (Å²) in [5.74, 6) is 0.264. The lowest BCUT2D eigenvalue weighted by molar-refractivity contribution is -0.127. The van der Waals surface area contributed by atoms with Crippen LogP contribution in [0.1, 0.15) is 59.2 Å². The minimum absolute atomic E-state index is 0.0267. The number of carbonyl (C=O) groups excluding carboxylic acids is 3. The lowest BCUT2D eigenvalue weighted by Gasteiger charge is -2.36. The number of ether oxygens (including phenoxy) is 1. The van der Waals surface area contributed by atoms with Gasteiger partial charge in [0.1, 0.15) is 5.75 Å². The van der Waals surface area contributed by atoms with Crippen molar-refractivity contribution in [1.29, 1.82) is 0 Å². The zero-order valence-electron chi connectivity index (χ0n) is 19.7. The second-order valence-electron chi connectivity index (χ2n) is 9.16. The van der Waals surface area contributed by atoms with E-state index < -0.39 is 0 Å². The van der Waals surface area contributed by atoms with Crippen LogP contribution in [-0.2, 0) is 4.79 Å². The molecule has 34 heavy (non-hydrogen) atoms. The molecular weight excluding hydrogens is 430 g/mol. The molecule has 0 spiro atoms. The average molecular weight is 464 g/mol. The number of hydrogen-bond acceptors (Lipinski definition) is 4. The number of benzene rings is 2. The predicted octanol–water partition coefficient (Wildman–Crippen LogP) is 3.40. The van der Waals surface area contributed by atoms with Gasteiger partial charge in [0.2, 0.25) is 5.91 Å². The van der Waals surface area contributed by atoms with Gasteiger partial charge in [0, 0.05) is 36.3 Å². The molecule has 2 aromatic rings. The summed E-state index contributed by atoms with van der Waals surface area (Å²) in [6.07, 6.45) is 5.26. The summed E-state index contributed by atoms with van der Waals surface area (Å²) < 4.78 is 5.16. The Kier molecular flexibility index (Phi) is 7.83. The minimum Gasteiger partial charge on any atom is -0.497 e. The Bertz CT molecular complexity index is 993. The van der Waals surface area contributed by atoms with E-state index in [2.05, 4.69) is 10.6 Å². The Hall–Kier alpha value is -3.35. The number of likely N-dealkylation sites (tertiary alicyclic amines) is 1. The zero-order valence-corrected chi connectivity index (χ0v) is 19.7. The van der Waals surface area contributed by atoms with Gasteiger partial charge in [0.05, 0.1) is 13.0 Å². The first kappa shape index (κ1) is 23.8. The van der Waals surface area contributed by atoms with E-state index in [1.807, 2.05) is 30.3 Å². The Morgan fingerprint density at radius 3 is 2.18 bits per heavy atom. The maximum absolute atomic E-state index is 13.2. The van der Waals surface area contributed by atoms with E-state index >= 15 is 0 Å². The number of carbonyl (C=O) groups is 3. The van der Waals surface area contributed by atoms with Crippen molar-refractivity contribution in [3.05, 3.63) is 65.7 Å². The van der Waals surface area contributed by atoms with Crippen molar-refractivity contribution in [1.82, 2.24) is 15.5 Å². The normalized spacial score (nSPS) is 22.5. The van der Waals surface area contributed by atoms with Crippen LogP contribution in [0.2, 0.25) is 0 Å². The molecule has 1 unspecified atom stereocenters. The number of nitrogens with one attached hydrogen (secondary N) is 2. The van der Waals surface area contributed by atoms with Crippen LogP contribution < -0.4 is 15.4 Å². The number of amides is 3. The molecule has 2 fully saturated rings. The molecule has 1 aliphatic heterocycles. The summed E-state index contributed by atoms with van der Waals surface area (Å²) in [5, 5.41) is 6.32. The predicted molar refractivity (Wildman–Crippen MR) is 130 cm³/mol. The Balaban J connectivity index is 1.35. The van der Waals surface area contributed by atoms with Gasteiger partial charge in [-0.05, 0) is 62.1 Å². The number of hydrogen-bond donors (Lipinski definition) is 2. The van der Waals surface area contributed by atoms with Gasteiger partial charge in [-0.2, -0.15) is 0 Å². The molecule has 0 bridgehead atoms. The third-order valence-corrected chi connectivity index (χ3v) is 6.86. The van der Waals surface area contributed by atoms with E-state index in [-0.39, 0.29) is 35.7 Å². The van der Waals surface area contributed by atoms with E-state index in [9.17, 15) is 14.4 Å². The zero-order chi connectivity index (χ0) is 23.9. The fourth-order valence-electron chi connectivity index (χ4n) is 4.91. The summed E-state index contributed by atoms with van der Waals surface area (Å²) in [7, 11) is 1.59. The highest BCUT2D eigenvalue weighted by molar-refractivity contribution is 5.95. The van der Waals surface area contributed by atoms with E-state index in [1.54, 1.807) is 36.3 Å². The average Bonchev–Trinajstić information content (AvgIpc) is 2.90. The molecule has 1 aliphatic carbocycles. The molecule has 7 nitrogen and oxygen atoms in total. The van der Waals surface area contributed by atoms with Gasteiger partial charge >= 0.3 is 0 Å². The van der Waals surface area contributed by atoms with Crippen LogP contribution >= 0.6 is 0 Å². The van der Waals surface area contributed by atoms with Gasteiger partial charge in [-0.3, -0.25) is 14.4 Å². The SMILES string of the molecule is COc1ccc(C(=O)N[C@@H]2CCCC[C@H]2NC(=O)C2CCCN(C(=O)c3ccccc3)C2)cc1. The van der Waals surface area contributed by atoms with Crippen molar-refractivity contribution < 1.29 is 19.1 Å². The van der Waals surface area contributed by atoms with E-state index in [0.29, 0.717) is 30.0 Å². The lowest BCUT2D eigenvalue weighted by Crippen LogP contribution is -2.55.